The molecule has 2 rings (SSSR count). The second kappa shape index (κ2) is 6.16. The zero-order chi connectivity index (χ0) is 14.5. The van der Waals surface area contributed by atoms with Crippen LogP contribution >= 0.6 is 11.8 Å². The number of carboxylic acids is 1. The van der Waals surface area contributed by atoms with E-state index >= 15 is 0 Å². The molecule has 1 aromatic heterocycles. The number of pyridine rings is 1. The Kier molecular flexibility index (Phi) is 4.31. The van der Waals surface area contributed by atoms with Crippen LogP contribution in [0.15, 0.2) is 47.5 Å². The van der Waals surface area contributed by atoms with Crippen LogP contribution in [0.4, 0.5) is 5.69 Å². The van der Waals surface area contributed by atoms with E-state index in [2.05, 4.69) is 4.98 Å². The molecule has 2 aromatic rings. The van der Waals surface area contributed by atoms with Gasteiger partial charge in [0, 0.05) is 18.0 Å². The van der Waals surface area contributed by atoms with Crippen LogP contribution in [-0.4, -0.2) is 21.0 Å². The van der Waals surface area contributed by atoms with Crippen LogP contribution < -0.4 is 0 Å². The third-order valence-corrected chi connectivity index (χ3v) is 3.60. The molecule has 0 saturated carbocycles. The van der Waals surface area contributed by atoms with Crippen molar-refractivity contribution in [2.24, 2.45) is 0 Å². The SMILES string of the molecule is O=C(O)c1ccc(SCc2ccccn2)c([N+](=O)[O-])c1. The average Bonchev–Trinajstić information content (AvgIpc) is 2.45. The molecule has 6 nitrogen and oxygen atoms in total. The number of rotatable bonds is 5. The molecule has 7 heteroatoms. The Labute approximate surface area is 118 Å². The highest BCUT2D eigenvalue weighted by molar-refractivity contribution is 7.98. The highest BCUT2D eigenvalue weighted by atomic mass is 32.2. The Bertz CT molecular complexity index is 646. The van der Waals surface area contributed by atoms with Gasteiger partial charge < -0.3 is 5.11 Å². The van der Waals surface area contributed by atoms with Crippen molar-refractivity contribution in [1.29, 1.82) is 0 Å². The first-order chi connectivity index (χ1) is 9.58. The van der Waals surface area contributed by atoms with E-state index in [0.29, 0.717) is 10.6 Å². The topological polar surface area (TPSA) is 93.3 Å². The largest absolute Gasteiger partial charge is 0.478 e. The van der Waals surface area contributed by atoms with Gasteiger partial charge in [-0.3, -0.25) is 15.1 Å². The first-order valence-electron chi connectivity index (χ1n) is 5.62. The summed E-state index contributed by atoms with van der Waals surface area (Å²) in [4.78, 5) is 25.8. The summed E-state index contributed by atoms with van der Waals surface area (Å²) in [5.74, 6) is -0.706. The van der Waals surface area contributed by atoms with Crippen LogP contribution in [0.25, 0.3) is 0 Å². The smallest absolute Gasteiger partial charge is 0.335 e. The summed E-state index contributed by atoms with van der Waals surface area (Å²) in [5, 5.41) is 19.8. The van der Waals surface area contributed by atoms with E-state index in [1.807, 2.05) is 12.1 Å². The van der Waals surface area contributed by atoms with E-state index in [9.17, 15) is 14.9 Å². The number of aromatic carboxylic acids is 1. The molecule has 20 heavy (non-hydrogen) atoms. The van der Waals surface area contributed by atoms with Crippen LogP contribution in [0.1, 0.15) is 16.1 Å². The molecule has 0 aliphatic carbocycles. The van der Waals surface area contributed by atoms with Crippen molar-refractivity contribution in [1.82, 2.24) is 4.98 Å². The molecule has 0 bridgehead atoms. The minimum Gasteiger partial charge on any atom is -0.478 e. The Morgan fingerprint density at radius 3 is 2.75 bits per heavy atom. The fraction of sp³-hybridized carbons (Fsp3) is 0.0769. The molecule has 102 valence electrons. The molecule has 1 aromatic carbocycles. The van der Waals surface area contributed by atoms with Crippen molar-refractivity contribution < 1.29 is 14.8 Å². The van der Waals surface area contributed by atoms with E-state index in [1.165, 1.54) is 23.9 Å². The number of hydrogen-bond acceptors (Lipinski definition) is 5. The van der Waals surface area contributed by atoms with Crippen LogP contribution in [-0.2, 0) is 5.75 Å². The summed E-state index contributed by atoms with van der Waals surface area (Å²) >= 11 is 1.25. The molecule has 0 spiro atoms. The third kappa shape index (κ3) is 3.33. The van der Waals surface area contributed by atoms with E-state index in [0.717, 1.165) is 11.8 Å². The van der Waals surface area contributed by atoms with Gasteiger partial charge in [0.1, 0.15) is 0 Å². The van der Waals surface area contributed by atoms with E-state index in [-0.39, 0.29) is 11.3 Å². The molecule has 1 N–H and O–H groups in total. The van der Waals surface area contributed by atoms with Crippen molar-refractivity contribution in [3.05, 3.63) is 64.0 Å². The van der Waals surface area contributed by atoms with Gasteiger partial charge in [0.05, 0.1) is 21.1 Å². The highest BCUT2D eigenvalue weighted by Crippen LogP contribution is 2.31. The lowest BCUT2D eigenvalue weighted by atomic mass is 10.2. The summed E-state index contributed by atoms with van der Waals surface area (Å²) in [5.41, 5.74) is 0.499. The van der Waals surface area contributed by atoms with Gasteiger partial charge in [0.2, 0.25) is 0 Å². The quantitative estimate of drug-likeness (QED) is 0.517. The summed E-state index contributed by atoms with van der Waals surface area (Å²) in [6.45, 7) is 0. The van der Waals surface area contributed by atoms with Gasteiger partial charge in [-0.2, -0.15) is 0 Å². The Balaban J connectivity index is 2.23. The summed E-state index contributed by atoms with van der Waals surface area (Å²) in [6, 6.07) is 9.34. The maximum atomic E-state index is 11.0. The van der Waals surface area contributed by atoms with Crippen LogP contribution in [0.2, 0.25) is 0 Å². The van der Waals surface area contributed by atoms with Gasteiger partial charge >= 0.3 is 5.97 Å². The van der Waals surface area contributed by atoms with Crippen LogP contribution in [0.5, 0.6) is 0 Å². The second-order valence-electron chi connectivity index (χ2n) is 3.85. The lowest BCUT2D eigenvalue weighted by Gasteiger charge is -2.04. The number of nitro benzene ring substituents is 1. The molecule has 0 aliphatic heterocycles. The van der Waals surface area contributed by atoms with Crippen molar-refractivity contribution in [2.75, 3.05) is 0 Å². The first kappa shape index (κ1) is 14.0. The number of hydrogen-bond donors (Lipinski definition) is 1. The van der Waals surface area contributed by atoms with Crippen LogP contribution in [0, 0.1) is 10.1 Å². The summed E-state index contributed by atoms with van der Waals surface area (Å²) in [6.07, 6.45) is 1.65. The zero-order valence-corrected chi connectivity index (χ0v) is 11.0. The predicted molar refractivity (Wildman–Crippen MR) is 73.9 cm³/mol. The van der Waals surface area contributed by atoms with Gasteiger partial charge in [-0.15, -0.1) is 11.8 Å². The minimum absolute atomic E-state index is 0.0983. The van der Waals surface area contributed by atoms with Gasteiger partial charge in [-0.1, -0.05) is 6.07 Å². The van der Waals surface area contributed by atoms with Gasteiger partial charge in [0.25, 0.3) is 5.69 Å². The number of nitrogens with zero attached hydrogens (tertiary/aromatic N) is 2. The molecule has 0 aliphatic rings. The number of carbonyl (C=O) groups is 1. The first-order valence-corrected chi connectivity index (χ1v) is 6.61. The Hall–Kier alpha value is -2.41. The standard InChI is InChI=1S/C13H10N2O4S/c16-13(17)9-4-5-12(11(7-9)15(18)19)20-8-10-3-1-2-6-14-10/h1-7H,8H2,(H,16,17). The van der Waals surface area contributed by atoms with Crippen molar-refractivity contribution >= 4 is 23.4 Å². The summed E-state index contributed by atoms with van der Waals surface area (Å²) in [7, 11) is 0. The lowest BCUT2D eigenvalue weighted by Crippen LogP contribution is -1.99. The average molecular weight is 290 g/mol. The monoisotopic (exact) mass is 290 g/mol. The Morgan fingerprint density at radius 1 is 1.35 bits per heavy atom. The van der Waals surface area contributed by atoms with Gasteiger partial charge in [-0.05, 0) is 24.3 Å². The van der Waals surface area contributed by atoms with Crippen LogP contribution in [0.3, 0.4) is 0 Å². The van der Waals surface area contributed by atoms with E-state index < -0.39 is 10.9 Å². The van der Waals surface area contributed by atoms with Gasteiger partial charge in [-0.25, -0.2) is 4.79 Å². The normalized spacial score (nSPS) is 10.2. The number of aromatic nitrogens is 1. The Morgan fingerprint density at radius 2 is 2.15 bits per heavy atom. The van der Waals surface area contributed by atoms with Gasteiger partial charge in [0.15, 0.2) is 0 Å². The fourth-order valence-electron chi connectivity index (χ4n) is 1.55. The summed E-state index contributed by atoms with van der Waals surface area (Å²) < 4.78 is 0. The van der Waals surface area contributed by atoms with E-state index in [4.69, 9.17) is 5.11 Å². The highest BCUT2D eigenvalue weighted by Gasteiger charge is 2.17. The molecular weight excluding hydrogens is 280 g/mol. The van der Waals surface area contributed by atoms with Crippen molar-refractivity contribution in [3.8, 4) is 0 Å². The van der Waals surface area contributed by atoms with Crippen molar-refractivity contribution in [3.63, 3.8) is 0 Å². The lowest BCUT2D eigenvalue weighted by molar-refractivity contribution is -0.387. The molecule has 1 heterocycles. The molecule has 0 unspecified atom stereocenters. The third-order valence-electron chi connectivity index (χ3n) is 2.50. The molecule has 0 saturated heterocycles. The fourth-order valence-corrected chi connectivity index (χ4v) is 2.47. The number of carboxylic acid groups (broad SMARTS) is 1. The maximum Gasteiger partial charge on any atom is 0.335 e. The number of nitro groups is 1. The molecular formula is C13H10N2O4S. The maximum absolute atomic E-state index is 11.0. The predicted octanol–water partition coefficient (Wildman–Crippen LogP) is 2.98. The second-order valence-corrected chi connectivity index (χ2v) is 4.87. The number of thioether (sulfide) groups is 1. The molecule has 0 radical (unpaired) electrons. The molecule has 0 atom stereocenters. The van der Waals surface area contributed by atoms with Crippen molar-refractivity contribution in [2.45, 2.75) is 10.6 Å². The minimum atomic E-state index is -1.19. The van der Waals surface area contributed by atoms with E-state index in [1.54, 1.807) is 12.3 Å². The zero-order valence-electron chi connectivity index (χ0n) is 10.2. The molecule has 0 amide bonds. The molecule has 0 fully saturated rings. The number of benzene rings is 1.